The van der Waals surface area contributed by atoms with Gasteiger partial charge in [-0.2, -0.15) is 0 Å². The van der Waals surface area contributed by atoms with Crippen LogP contribution in [-0.4, -0.2) is 56.9 Å². The molecule has 2 aliphatic rings. The summed E-state index contributed by atoms with van der Waals surface area (Å²) in [5.74, 6) is 0.0791. The predicted octanol–water partition coefficient (Wildman–Crippen LogP) is 8.58. The van der Waals surface area contributed by atoms with Gasteiger partial charge < -0.3 is 20.6 Å². The minimum absolute atomic E-state index is 0.0306. The van der Waals surface area contributed by atoms with E-state index in [1.165, 1.54) is 12.1 Å². The molecule has 9 nitrogen and oxygen atoms in total. The van der Waals surface area contributed by atoms with Crippen LogP contribution in [0.3, 0.4) is 0 Å². The van der Waals surface area contributed by atoms with Gasteiger partial charge in [-0.15, -0.1) is 11.8 Å². The SMILES string of the molecule is O=[S+]c1cc(S(=O)(=O)NC(=O)c2ccc(N3CCC([C@@H](O)c4ccccc4-c4ccc(Cl)cc4)CC3)cc2)ccc1N[C@@H](CSc1ccccc1)C[C@H]1CCCN1. The second kappa shape index (κ2) is 19.0. The van der Waals surface area contributed by atoms with Gasteiger partial charge in [0, 0.05) is 62.4 Å². The van der Waals surface area contributed by atoms with Crippen LogP contribution >= 0.6 is 23.4 Å². The molecule has 5 aromatic rings. The molecule has 0 radical (unpaired) electrons. The topological polar surface area (TPSA) is 128 Å². The summed E-state index contributed by atoms with van der Waals surface area (Å²) in [6.07, 6.45) is 4.01. The van der Waals surface area contributed by atoms with E-state index in [-0.39, 0.29) is 39.0 Å². The third-order valence-corrected chi connectivity index (χ3v) is 14.1. The van der Waals surface area contributed by atoms with Crippen molar-refractivity contribution in [2.75, 3.05) is 35.6 Å². The van der Waals surface area contributed by atoms with E-state index < -0.39 is 22.0 Å². The number of anilines is 2. The Morgan fingerprint density at radius 1 is 0.912 bits per heavy atom. The molecule has 2 heterocycles. The number of aliphatic hydroxyl groups is 1. The lowest BCUT2D eigenvalue weighted by Gasteiger charge is -2.36. The standard InChI is InChI=1S/C44H45ClN4O5S3/c45-33-16-12-30(13-17-33)39-10-4-5-11-40(39)43(50)31-22-25-49(26-23-31)36-18-14-32(15-19-36)44(51)48-57(53,54)38-20-21-41(42(28-38)56-52)47-35(27-34-7-6-24-46-34)29-55-37-8-2-1-3-9-37/h1-5,8-21,28,31,34-35,43,46,50H,6-7,22-27,29H2,(H-,47,48,51,52)/p+1/t34-,35-,43-/m1/s1. The first-order valence-corrected chi connectivity index (χ1v) is 22.8. The molecule has 0 spiro atoms. The van der Waals surface area contributed by atoms with Crippen molar-refractivity contribution in [2.24, 2.45) is 5.92 Å². The van der Waals surface area contributed by atoms with Crippen LogP contribution in [0.15, 0.2) is 136 Å². The van der Waals surface area contributed by atoms with Gasteiger partial charge in [-0.1, -0.05) is 66.2 Å². The minimum Gasteiger partial charge on any atom is -0.388 e. The van der Waals surface area contributed by atoms with Gasteiger partial charge in [0.2, 0.25) is 0 Å². The van der Waals surface area contributed by atoms with E-state index >= 15 is 0 Å². The molecular formula is C44H46ClN4O5S3+. The smallest absolute Gasteiger partial charge is 0.388 e. The van der Waals surface area contributed by atoms with Crippen molar-refractivity contribution in [1.82, 2.24) is 10.0 Å². The van der Waals surface area contributed by atoms with Gasteiger partial charge in [-0.25, -0.2) is 13.1 Å². The first-order valence-electron chi connectivity index (χ1n) is 19.2. The van der Waals surface area contributed by atoms with Crippen molar-refractivity contribution in [2.45, 2.75) is 65.0 Å². The predicted molar refractivity (Wildman–Crippen MR) is 231 cm³/mol. The van der Waals surface area contributed by atoms with Crippen molar-refractivity contribution in [3.63, 3.8) is 0 Å². The Morgan fingerprint density at radius 3 is 2.33 bits per heavy atom. The lowest BCUT2D eigenvalue weighted by atomic mass is 9.84. The Bertz CT molecular complexity index is 2250. The molecule has 7 rings (SSSR count). The van der Waals surface area contributed by atoms with Gasteiger partial charge in [0.15, 0.2) is 0 Å². The number of nitrogens with one attached hydrogen (secondary N) is 3. The summed E-state index contributed by atoms with van der Waals surface area (Å²) in [7, 11) is -4.27. The molecule has 2 fully saturated rings. The Morgan fingerprint density at radius 2 is 1.63 bits per heavy atom. The van der Waals surface area contributed by atoms with Gasteiger partial charge in [-0.3, -0.25) is 4.79 Å². The van der Waals surface area contributed by atoms with E-state index in [2.05, 4.69) is 32.4 Å². The second-order valence-electron chi connectivity index (χ2n) is 14.6. The van der Waals surface area contributed by atoms with Crippen LogP contribution in [0.1, 0.15) is 54.1 Å². The molecule has 5 aromatic carbocycles. The largest absolute Gasteiger partial charge is 0.507 e. The molecule has 0 unspecified atom stereocenters. The molecule has 57 heavy (non-hydrogen) atoms. The second-order valence-corrected chi connectivity index (χ2v) is 18.4. The number of aliphatic hydroxyl groups excluding tert-OH is 1. The maximum absolute atomic E-state index is 13.4. The molecule has 0 saturated carbocycles. The van der Waals surface area contributed by atoms with Crippen LogP contribution in [0.2, 0.25) is 5.02 Å². The van der Waals surface area contributed by atoms with Crippen LogP contribution in [0.5, 0.6) is 0 Å². The highest BCUT2D eigenvalue weighted by Crippen LogP contribution is 2.37. The highest BCUT2D eigenvalue weighted by Gasteiger charge is 2.29. The van der Waals surface area contributed by atoms with Crippen molar-refractivity contribution in [3.05, 3.63) is 137 Å². The van der Waals surface area contributed by atoms with Gasteiger partial charge in [0.05, 0.1) is 11.0 Å². The highest BCUT2D eigenvalue weighted by atomic mass is 35.5. The fraction of sp³-hybridized carbons (Fsp3) is 0.295. The monoisotopic (exact) mass is 841 g/mol. The first kappa shape index (κ1) is 40.9. The molecule has 2 aliphatic heterocycles. The summed E-state index contributed by atoms with van der Waals surface area (Å²) < 4.78 is 41.3. The van der Waals surface area contributed by atoms with Gasteiger partial charge in [0.25, 0.3) is 15.9 Å². The Hall–Kier alpha value is -4.30. The molecule has 0 aliphatic carbocycles. The minimum atomic E-state index is -4.27. The van der Waals surface area contributed by atoms with Crippen molar-refractivity contribution >= 4 is 62.3 Å². The van der Waals surface area contributed by atoms with Crippen LogP contribution in [0.25, 0.3) is 11.1 Å². The van der Waals surface area contributed by atoms with Gasteiger partial charge in [0.1, 0.15) is 5.69 Å². The quantitative estimate of drug-likeness (QED) is 0.0606. The van der Waals surface area contributed by atoms with E-state index in [9.17, 15) is 22.5 Å². The molecule has 13 heteroatoms. The van der Waals surface area contributed by atoms with E-state index in [1.54, 1.807) is 30.0 Å². The maximum Gasteiger partial charge on any atom is 0.507 e. The average molecular weight is 843 g/mol. The normalized spacial score (nSPS) is 17.2. The number of thioether (sulfide) groups is 1. The van der Waals surface area contributed by atoms with Crippen molar-refractivity contribution in [1.29, 1.82) is 0 Å². The number of hydrogen-bond acceptors (Lipinski definition) is 9. The number of halogens is 1. The van der Waals surface area contributed by atoms with E-state index in [4.69, 9.17) is 11.6 Å². The van der Waals surface area contributed by atoms with Crippen LogP contribution in [0, 0.1) is 5.92 Å². The lowest BCUT2D eigenvalue weighted by molar-refractivity contribution is 0.0934. The van der Waals surface area contributed by atoms with E-state index in [1.807, 2.05) is 78.9 Å². The third kappa shape index (κ3) is 10.4. The van der Waals surface area contributed by atoms with E-state index in [0.717, 1.165) is 84.8 Å². The van der Waals surface area contributed by atoms with Gasteiger partial charge >= 0.3 is 16.6 Å². The maximum atomic E-state index is 13.4. The zero-order valence-corrected chi connectivity index (χ0v) is 34.6. The van der Waals surface area contributed by atoms with Crippen molar-refractivity contribution in [3.8, 4) is 11.1 Å². The first-order chi connectivity index (χ1) is 27.7. The summed E-state index contributed by atoms with van der Waals surface area (Å²) >= 11 is 8.06. The summed E-state index contributed by atoms with van der Waals surface area (Å²) in [5.41, 5.74) is 4.56. The lowest BCUT2D eigenvalue weighted by Crippen LogP contribution is -2.35. The highest BCUT2D eigenvalue weighted by molar-refractivity contribution is 7.99. The molecule has 296 valence electrons. The zero-order valence-electron chi connectivity index (χ0n) is 31.4. The molecule has 2 saturated heterocycles. The fourth-order valence-electron chi connectivity index (χ4n) is 7.70. The van der Waals surface area contributed by atoms with Gasteiger partial charge in [-0.05, 0) is 122 Å². The number of carbonyl (C=O) groups excluding carboxylic acids is 1. The molecule has 1 amide bonds. The molecule has 0 bridgehead atoms. The Kier molecular flexibility index (Phi) is 13.6. The molecule has 4 N–H and O–H groups in total. The summed E-state index contributed by atoms with van der Waals surface area (Å²) in [6, 6.07) is 37.3. The van der Waals surface area contributed by atoms with Crippen LogP contribution < -0.4 is 20.3 Å². The third-order valence-electron chi connectivity index (χ3n) is 10.8. The Labute approximate surface area is 348 Å². The number of sulfonamides is 1. The average Bonchev–Trinajstić information content (AvgIpc) is 3.76. The number of rotatable bonds is 15. The number of hydrogen-bond donors (Lipinski definition) is 4. The van der Waals surface area contributed by atoms with E-state index in [0.29, 0.717) is 16.8 Å². The van der Waals surface area contributed by atoms with Crippen LogP contribution in [-0.2, 0) is 25.9 Å². The number of nitrogens with zero attached hydrogens (tertiary/aromatic N) is 1. The van der Waals surface area contributed by atoms with Crippen molar-refractivity contribution < 1.29 is 22.5 Å². The summed E-state index contributed by atoms with van der Waals surface area (Å²) in [6.45, 7) is 2.43. The number of amides is 1. The summed E-state index contributed by atoms with van der Waals surface area (Å²) in [4.78, 5) is 16.7. The fourth-order valence-corrected chi connectivity index (χ4v) is 10.3. The zero-order chi connectivity index (χ0) is 39.8. The van der Waals surface area contributed by atoms with Crippen LogP contribution in [0.4, 0.5) is 11.4 Å². The number of benzene rings is 5. The number of piperidine rings is 1. The number of carbonyl (C=O) groups is 1. The molecule has 3 atom stereocenters. The molecule has 0 aromatic heterocycles. The Balaban J connectivity index is 0.956. The summed E-state index contributed by atoms with van der Waals surface area (Å²) in [5, 5.41) is 19.2. The molecular weight excluding hydrogens is 796 g/mol.